The molecule has 1 aliphatic heterocycles. The molecule has 1 aromatic heterocycles. The van der Waals surface area contributed by atoms with Crippen LogP contribution in [0.1, 0.15) is 37.5 Å². The Morgan fingerprint density at radius 2 is 2.17 bits per heavy atom. The van der Waals surface area contributed by atoms with Crippen molar-refractivity contribution < 1.29 is 9.21 Å². The molecule has 5 nitrogen and oxygen atoms in total. The second-order valence-corrected chi connectivity index (χ2v) is 5.49. The summed E-state index contributed by atoms with van der Waals surface area (Å²) in [4.78, 5) is 14.4. The molecule has 1 atom stereocenters. The van der Waals surface area contributed by atoms with Crippen LogP contribution < -0.4 is 0 Å². The molecule has 1 unspecified atom stereocenters. The summed E-state index contributed by atoms with van der Waals surface area (Å²) in [5, 5.41) is 7.80. The number of carbonyl (C=O) groups excluding carboxylic acids is 1. The Balaban J connectivity index is 1.62. The lowest BCUT2D eigenvalue weighted by Gasteiger charge is -2.31. The first-order chi connectivity index (χ1) is 8.72. The van der Waals surface area contributed by atoms with E-state index in [-0.39, 0.29) is 11.8 Å². The maximum Gasteiger partial charge on any atom is 0.226 e. The van der Waals surface area contributed by atoms with E-state index in [4.69, 9.17) is 4.42 Å². The van der Waals surface area contributed by atoms with Crippen LogP contribution in [0.4, 0.5) is 0 Å². The van der Waals surface area contributed by atoms with E-state index in [0.29, 0.717) is 18.2 Å². The Kier molecular flexibility index (Phi) is 3.06. The molecule has 0 spiro atoms. The molecule has 0 aromatic carbocycles. The minimum Gasteiger partial charge on any atom is -0.426 e. The summed E-state index contributed by atoms with van der Waals surface area (Å²) in [5.74, 6) is 2.25. The monoisotopic (exact) mass is 249 g/mol. The van der Waals surface area contributed by atoms with E-state index in [9.17, 15) is 4.79 Å². The van der Waals surface area contributed by atoms with E-state index in [1.54, 1.807) is 6.92 Å². The number of aryl methyl sites for hydroxylation is 1. The van der Waals surface area contributed by atoms with Gasteiger partial charge in [0, 0.05) is 32.4 Å². The van der Waals surface area contributed by atoms with Crippen molar-refractivity contribution in [3.05, 3.63) is 11.8 Å². The third kappa shape index (κ3) is 2.54. The zero-order valence-electron chi connectivity index (χ0n) is 10.8. The van der Waals surface area contributed by atoms with Crippen molar-refractivity contribution in [2.24, 2.45) is 11.8 Å². The third-order valence-corrected chi connectivity index (χ3v) is 3.81. The van der Waals surface area contributed by atoms with Crippen molar-refractivity contribution >= 4 is 5.91 Å². The minimum atomic E-state index is 0.0392. The third-order valence-electron chi connectivity index (χ3n) is 3.81. The minimum absolute atomic E-state index is 0.0392. The Hall–Kier alpha value is -1.39. The van der Waals surface area contributed by atoms with Crippen LogP contribution in [0, 0.1) is 18.8 Å². The van der Waals surface area contributed by atoms with Crippen molar-refractivity contribution in [2.45, 2.75) is 39.0 Å². The SMILES string of the molecule is Cc1nnc(CC2CCCN(CC3CC3)C2=O)o1. The van der Waals surface area contributed by atoms with Gasteiger partial charge in [0.25, 0.3) is 0 Å². The van der Waals surface area contributed by atoms with Crippen LogP contribution >= 0.6 is 0 Å². The summed E-state index contributed by atoms with van der Waals surface area (Å²) in [6.45, 7) is 3.66. The van der Waals surface area contributed by atoms with Gasteiger partial charge in [0.05, 0.1) is 0 Å². The smallest absolute Gasteiger partial charge is 0.226 e. The van der Waals surface area contributed by atoms with Crippen LogP contribution in [0.3, 0.4) is 0 Å². The van der Waals surface area contributed by atoms with Gasteiger partial charge < -0.3 is 9.32 Å². The molecule has 0 N–H and O–H groups in total. The predicted octanol–water partition coefficient (Wildman–Crippen LogP) is 1.57. The first-order valence-electron chi connectivity index (χ1n) is 6.80. The zero-order chi connectivity index (χ0) is 12.5. The number of hydrogen-bond acceptors (Lipinski definition) is 4. The Morgan fingerprint density at radius 3 is 2.83 bits per heavy atom. The molecular weight excluding hydrogens is 230 g/mol. The predicted molar refractivity (Wildman–Crippen MR) is 64.8 cm³/mol. The second-order valence-electron chi connectivity index (χ2n) is 5.49. The maximum absolute atomic E-state index is 12.3. The molecule has 2 heterocycles. The van der Waals surface area contributed by atoms with Gasteiger partial charge in [-0.2, -0.15) is 0 Å². The summed E-state index contributed by atoms with van der Waals surface area (Å²) >= 11 is 0. The summed E-state index contributed by atoms with van der Waals surface area (Å²) in [6.07, 6.45) is 5.22. The molecule has 18 heavy (non-hydrogen) atoms. The van der Waals surface area contributed by atoms with Crippen molar-refractivity contribution in [3.63, 3.8) is 0 Å². The van der Waals surface area contributed by atoms with Crippen LogP contribution in [0.25, 0.3) is 0 Å². The lowest BCUT2D eigenvalue weighted by atomic mass is 9.93. The Labute approximate surface area is 107 Å². The second kappa shape index (κ2) is 4.71. The van der Waals surface area contributed by atoms with Crippen molar-refractivity contribution in [3.8, 4) is 0 Å². The normalized spacial score (nSPS) is 24.6. The first kappa shape index (κ1) is 11.7. The molecule has 2 aliphatic rings. The lowest BCUT2D eigenvalue weighted by Crippen LogP contribution is -2.43. The number of rotatable bonds is 4. The quantitative estimate of drug-likeness (QED) is 0.812. The highest BCUT2D eigenvalue weighted by Gasteiger charge is 2.33. The van der Waals surface area contributed by atoms with Crippen molar-refractivity contribution in [2.75, 3.05) is 13.1 Å². The van der Waals surface area contributed by atoms with Gasteiger partial charge in [-0.1, -0.05) is 0 Å². The van der Waals surface area contributed by atoms with E-state index >= 15 is 0 Å². The summed E-state index contributed by atoms with van der Waals surface area (Å²) < 4.78 is 5.37. The van der Waals surface area contributed by atoms with Gasteiger partial charge in [-0.3, -0.25) is 4.79 Å². The molecule has 2 fully saturated rings. The molecule has 0 radical (unpaired) electrons. The largest absolute Gasteiger partial charge is 0.426 e. The highest BCUT2D eigenvalue weighted by molar-refractivity contribution is 5.79. The van der Waals surface area contributed by atoms with E-state index in [1.807, 2.05) is 4.90 Å². The Morgan fingerprint density at radius 1 is 1.33 bits per heavy atom. The highest BCUT2D eigenvalue weighted by Crippen LogP contribution is 2.32. The van der Waals surface area contributed by atoms with Gasteiger partial charge in [0.2, 0.25) is 17.7 Å². The lowest BCUT2D eigenvalue weighted by molar-refractivity contribution is -0.138. The number of hydrogen-bond donors (Lipinski definition) is 0. The molecule has 1 aromatic rings. The number of amides is 1. The number of likely N-dealkylation sites (tertiary alicyclic amines) is 1. The van der Waals surface area contributed by atoms with E-state index in [0.717, 1.165) is 31.8 Å². The van der Waals surface area contributed by atoms with Crippen molar-refractivity contribution in [1.82, 2.24) is 15.1 Å². The fourth-order valence-electron chi connectivity index (χ4n) is 2.63. The molecule has 3 rings (SSSR count). The molecule has 98 valence electrons. The van der Waals surface area contributed by atoms with Crippen LogP contribution in [0.15, 0.2) is 4.42 Å². The van der Waals surface area contributed by atoms with E-state index in [2.05, 4.69) is 10.2 Å². The number of nitrogens with zero attached hydrogens (tertiary/aromatic N) is 3. The molecule has 5 heteroatoms. The maximum atomic E-state index is 12.3. The first-order valence-corrected chi connectivity index (χ1v) is 6.80. The fraction of sp³-hybridized carbons (Fsp3) is 0.769. The van der Waals surface area contributed by atoms with Crippen LogP contribution in [-0.4, -0.2) is 34.1 Å². The summed E-state index contributed by atoms with van der Waals surface area (Å²) in [7, 11) is 0. The van der Waals surface area contributed by atoms with Gasteiger partial charge in [0.1, 0.15) is 0 Å². The van der Waals surface area contributed by atoms with Crippen LogP contribution in [0.2, 0.25) is 0 Å². The zero-order valence-corrected chi connectivity index (χ0v) is 10.8. The molecule has 1 saturated carbocycles. The molecule has 1 aliphatic carbocycles. The average molecular weight is 249 g/mol. The van der Waals surface area contributed by atoms with Crippen LogP contribution in [0.5, 0.6) is 0 Å². The summed E-state index contributed by atoms with van der Waals surface area (Å²) in [5.41, 5.74) is 0. The number of carbonyl (C=O) groups is 1. The van der Waals surface area contributed by atoms with Gasteiger partial charge in [-0.25, -0.2) is 0 Å². The van der Waals surface area contributed by atoms with Crippen LogP contribution in [-0.2, 0) is 11.2 Å². The van der Waals surface area contributed by atoms with E-state index in [1.165, 1.54) is 12.8 Å². The van der Waals surface area contributed by atoms with Gasteiger partial charge in [-0.05, 0) is 31.6 Å². The number of piperidine rings is 1. The topological polar surface area (TPSA) is 59.2 Å². The van der Waals surface area contributed by atoms with Gasteiger partial charge >= 0.3 is 0 Å². The molecular formula is C13H19N3O2. The van der Waals surface area contributed by atoms with E-state index < -0.39 is 0 Å². The average Bonchev–Trinajstić information content (AvgIpc) is 3.07. The number of aromatic nitrogens is 2. The molecule has 1 saturated heterocycles. The standard InChI is InChI=1S/C13H19N3O2/c1-9-14-15-12(18-9)7-11-3-2-6-16(13(11)17)8-10-4-5-10/h10-11H,2-8H2,1H3. The molecule has 1 amide bonds. The van der Waals surface area contributed by atoms with Gasteiger partial charge in [-0.15, -0.1) is 10.2 Å². The summed E-state index contributed by atoms with van der Waals surface area (Å²) in [6, 6.07) is 0. The molecule has 0 bridgehead atoms. The fourth-order valence-corrected chi connectivity index (χ4v) is 2.63. The Bertz CT molecular complexity index is 439. The van der Waals surface area contributed by atoms with Gasteiger partial charge in [0.15, 0.2) is 0 Å². The highest BCUT2D eigenvalue weighted by atomic mass is 16.4. The van der Waals surface area contributed by atoms with Crippen molar-refractivity contribution in [1.29, 1.82) is 0 Å².